The Hall–Kier alpha value is -0.0800. The van der Waals surface area contributed by atoms with E-state index in [1.807, 2.05) is 0 Å². The van der Waals surface area contributed by atoms with Crippen LogP contribution in [-0.2, 0) is 0 Å². The van der Waals surface area contributed by atoms with Gasteiger partial charge in [0.2, 0.25) is 0 Å². The highest BCUT2D eigenvalue weighted by molar-refractivity contribution is 4.91. The van der Waals surface area contributed by atoms with Crippen molar-refractivity contribution < 1.29 is 0 Å². The van der Waals surface area contributed by atoms with Crippen LogP contribution in [0.3, 0.4) is 0 Å². The Morgan fingerprint density at radius 2 is 1.86 bits per heavy atom. The molecule has 1 atom stereocenters. The van der Waals surface area contributed by atoms with Crippen LogP contribution < -0.4 is 5.32 Å². The van der Waals surface area contributed by atoms with Crippen LogP contribution in [0.25, 0.3) is 0 Å². The molecule has 21 heavy (non-hydrogen) atoms. The van der Waals surface area contributed by atoms with Crippen LogP contribution >= 0.6 is 0 Å². The summed E-state index contributed by atoms with van der Waals surface area (Å²) < 4.78 is 0. The van der Waals surface area contributed by atoms with E-state index < -0.39 is 0 Å². The molecule has 1 heterocycles. The zero-order valence-electron chi connectivity index (χ0n) is 15.2. The first kappa shape index (κ1) is 17.3. The molecule has 2 aliphatic rings. The van der Waals surface area contributed by atoms with Gasteiger partial charge in [-0.05, 0) is 76.8 Å². The molecule has 1 unspecified atom stereocenters. The molecule has 0 amide bonds. The van der Waals surface area contributed by atoms with E-state index in [1.165, 1.54) is 64.7 Å². The molecule has 2 nitrogen and oxygen atoms in total. The van der Waals surface area contributed by atoms with Crippen molar-refractivity contribution in [2.45, 2.75) is 78.7 Å². The second kappa shape index (κ2) is 7.00. The second-order valence-electron chi connectivity index (χ2n) is 9.33. The molecule has 0 aromatic heterocycles. The van der Waals surface area contributed by atoms with E-state index in [0.29, 0.717) is 5.41 Å². The van der Waals surface area contributed by atoms with E-state index in [4.69, 9.17) is 0 Å². The summed E-state index contributed by atoms with van der Waals surface area (Å²) in [6.45, 7) is 16.8. The zero-order valence-corrected chi connectivity index (χ0v) is 15.2. The van der Waals surface area contributed by atoms with Crippen molar-refractivity contribution >= 4 is 0 Å². The third-order valence-electron chi connectivity index (χ3n) is 5.36. The molecule has 0 spiro atoms. The maximum Gasteiger partial charge on any atom is 0.00966 e. The highest BCUT2D eigenvalue weighted by Gasteiger charge is 2.37. The van der Waals surface area contributed by atoms with Crippen LogP contribution in [0.15, 0.2) is 0 Å². The smallest absolute Gasteiger partial charge is 0.00966 e. The summed E-state index contributed by atoms with van der Waals surface area (Å²) >= 11 is 0. The first-order valence-corrected chi connectivity index (χ1v) is 9.25. The van der Waals surface area contributed by atoms with Gasteiger partial charge >= 0.3 is 0 Å². The predicted octanol–water partition coefficient (Wildman–Crippen LogP) is 4.30. The third kappa shape index (κ3) is 5.56. The maximum atomic E-state index is 3.69. The number of nitrogens with one attached hydrogen (secondary N) is 1. The van der Waals surface area contributed by atoms with E-state index in [-0.39, 0.29) is 5.54 Å². The fraction of sp³-hybridized carbons (Fsp3) is 1.00. The van der Waals surface area contributed by atoms with Crippen LogP contribution in [0, 0.1) is 17.3 Å². The normalized spacial score (nSPS) is 26.9. The van der Waals surface area contributed by atoms with E-state index in [0.717, 1.165) is 11.8 Å². The molecular formula is C19H38N2. The average Bonchev–Trinajstić information content (AvgIpc) is 2.95. The summed E-state index contributed by atoms with van der Waals surface area (Å²) in [5.74, 6) is 1.71. The van der Waals surface area contributed by atoms with Gasteiger partial charge in [0.25, 0.3) is 0 Å². The lowest BCUT2D eigenvalue weighted by atomic mass is 9.78. The van der Waals surface area contributed by atoms with Gasteiger partial charge in [-0.15, -0.1) is 0 Å². The molecule has 1 aliphatic heterocycles. The summed E-state index contributed by atoms with van der Waals surface area (Å²) in [4.78, 5) is 2.78. The molecule has 2 fully saturated rings. The Morgan fingerprint density at radius 3 is 2.43 bits per heavy atom. The Balaban J connectivity index is 1.80. The largest absolute Gasteiger partial charge is 0.312 e. The van der Waals surface area contributed by atoms with E-state index in [9.17, 15) is 0 Å². The Morgan fingerprint density at radius 1 is 1.19 bits per heavy atom. The summed E-state index contributed by atoms with van der Waals surface area (Å²) in [7, 11) is 0. The van der Waals surface area contributed by atoms with Crippen LogP contribution in [0.4, 0.5) is 0 Å². The third-order valence-corrected chi connectivity index (χ3v) is 5.36. The molecule has 2 rings (SSSR count). The van der Waals surface area contributed by atoms with Crippen LogP contribution in [0.2, 0.25) is 0 Å². The highest BCUT2D eigenvalue weighted by atomic mass is 15.2. The molecular weight excluding hydrogens is 256 g/mol. The van der Waals surface area contributed by atoms with Gasteiger partial charge in [-0.1, -0.05) is 26.7 Å². The van der Waals surface area contributed by atoms with Crippen molar-refractivity contribution in [3.8, 4) is 0 Å². The molecule has 1 N–H and O–H groups in total. The van der Waals surface area contributed by atoms with E-state index in [2.05, 4.69) is 44.8 Å². The van der Waals surface area contributed by atoms with E-state index in [1.54, 1.807) is 0 Å². The Labute approximate surface area is 133 Å². The van der Waals surface area contributed by atoms with Crippen LogP contribution in [0.1, 0.15) is 73.1 Å². The minimum absolute atomic E-state index is 0.262. The molecule has 0 bridgehead atoms. The van der Waals surface area contributed by atoms with Crippen LogP contribution in [-0.4, -0.2) is 36.6 Å². The zero-order chi connectivity index (χ0) is 15.5. The molecule has 0 radical (unpaired) electrons. The Kier molecular flexibility index (Phi) is 5.76. The second-order valence-corrected chi connectivity index (χ2v) is 9.33. The fourth-order valence-corrected chi connectivity index (χ4v) is 4.57. The maximum absolute atomic E-state index is 3.69. The standard InChI is InChI=1S/C19H38N2/c1-16(2)12-19(9-6-7-10-19)15-21-11-8-17(14-21)13-20-18(3,4)5/h16-17,20H,6-15H2,1-5H3. The first-order valence-electron chi connectivity index (χ1n) is 9.25. The predicted molar refractivity (Wildman–Crippen MR) is 92.7 cm³/mol. The number of hydrogen-bond donors (Lipinski definition) is 1. The topological polar surface area (TPSA) is 15.3 Å². The first-order chi connectivity index (χ1) is 9.78. The van der Waals surface area contributed by atoms with E-state index >= 15 is 0 Å². The lowest BCUT2D eigenvalue weighted by molar-refractivity contribution is 0.143. The summed E-state index contributed by atoms with van der Waals surface area (Å²) in [5.41, 5.74) is 0.915. The minimum Gasteiger partial charge on any atom is -0.312 e. The summed E-state index contributed by atoms with van der Waals surface area (Å²) in [5, 5.41) is 3.69. The van der Waals surface area contributed by atoms with Crippen LogP contribution in [0.5, 0.6) is 0 Å². The quantitative estimate of drug-likeness (QED) is 0.785. The highest BCUT2D eigenvalue weighted by Crippen LogP contribution is 2.44. The van der Waals surface area contributed by atoms with Crippen molar-refractivity contribution in [3.05, 3.63) is 0 Å². The van der Waals surface area contributed by atoms with Crippen molar-refractivity contribution in [1.29, 1.82) is 0 Å². The van der Waals surface area contributed by atoms with Crippen molar-refractivity contribution in [3.63, 3.8) is 0 Å². The number of hydrogen-bond acceptors (Lipinski definition) is 2. The monoisotopic (exact) mass is 294 g/mol. The number of likely N-dealkylation sites (tertiary alicyclic amines) is 1. The molecule has 0 aromatic carbocycles. The van der Waals surface area contributed by atoms with Gasteiger partial charge in [0, 0.05) is 18.6 Å². The summed E-state index contributed by atoms with van der Waals surface area (Å²) in [6.07, 6.45) is 8.72. The molecule has 2 heteroatoms. The van der Waals surface area contributed by atoms with Crippen molar-refractivity contribution in [2.75, 3.05) is 26.2 Å². The molecule has 124 valence electrons. The van der Waals surface area contributed by atoms with Gasteiger partial charge in [0.1, 0.15) is 0 Å². The SMILES string of the molecule is CC(C)CC1(CN2CCC(CNC(C)(C)C)C2)CCCC1. The van der Waals surface area contributed by atoms with Crippen molar-refractivity contribution in [2.24, 2.45) is 17.3 Å². The van der Waals surface area contributed by atoms with Crippen molar-refractivity contribution in [1.82, 2.24) is 10.2 Å². The number of nitrogens with zero attached hydrogens (tertiary/aromatic N) is 1. The number of rotatable bonds is 6. The lowest BCUT2D eigenvalue weighted by Crippen LogP contribution is -2.40. The fourth-order valence-electron chi connectivity index (χ4n) is 4.57. The average molecular weight is 295 g/mol. The van der Waals surface area contributed by atoms with Gasteiger partial charge in [-0.25, -0.2) is 0 Å². The van der Waals surface area contributed by atoms with Gasteiger partial charge in [-0.3, -0.25) is 0 Å². The molecule has 1 aliphatic carbocycles. The minimum atomic E-state index is 0.262. The molecule has 1 saturated carbocycles. The van der Waals surface area contributed by atoms with Gasteiger partial charge in [0.05, 0.1) is 0 Å². The lowest BCUT2D eigenvalue weighted by Gasteiger charge is -2.35. The molecule has 0 aromatic rings. The van der Waals surface area contributed by atoms with Gasteiger partial charge in [0.15, 0.2) is 0 Å². The summed E-state index contributed by atoms with van der Waals surface area (Å²) in [6, 6.07) is 0. The van der Waals surface area contributed by atoms with Gasteiger partial charge < -0.3 is 10.2 Å². The molecule has 1 saturated heterocycles. The Bertz CT molecular complexity index is 310. The van der Waals surface area contributed by atoms with Gasteiger partial charge in [-0.2, -0.15) is 0 Å².